The number of benzene rings is 1. The van der Waals surface area contributed by atoms with E-state index in [1.807, 2.05) is 24.3 Å². The van der Waals surface area contributed by atoms with Crippen LogP contribution >= 0.6 is 23.4 Å². The number of carbonyl (C=O) groups is 1. The minimum Gasteiger partial charge on any atom is -0.456 e. The molecule has 25 heavy (non-hydrogen) atoms. The molecule has 3 fully saturated rings. The first-order valence-corrected chi connectivity index (χ1v) is 9.86. The van der Waals surface area contributed by atoms with Crippen molar-refractivity contribution in [2.45, 2.75) is 41.8 Å². The lowest BCUT2D eigenvalue weighted by molar-refractivity contribution is 0.0217. The summed E-state index contributed by atoms with van der Waals surface area (Å²) < 4.78 is 5.33. The van der Waals surface area contributed by atoms with Gasteiger partial charge < -0.3 is 9.73 Å². The first-order valence-electron chi connectivity index (χ1n) is 8.67. The van der Waals surface area contributed by atoms with E-state index >= 15 is 0 Å². The lowest BCUT2D eigenvalue weighted by Gasteiger charge is -2.49. The lowest BCUT2D eigenvalue weighted by Crippen LogP contribution is -2.62. The highest BCUT2D eigenvalue weighted by atomic mass is 35.5. The van der Waals surface area contributed by atoms with Gasteiger partial charge in [0.15, 0.2) is 5.09 Å². The van der Waals surface area contributed by atoms with Gasteiger partial charge in [-0.1, -0.05) is 23.4 Å². The Morgan fingerprint density at radius 1 is 1.28 bits per heavy atom. The number of furan rings is 1. The van der Waals surface area contributed by atoms with Crippen molar-refractivity contribution in [1.82, 2.24) is 10.2 Å². The quantitative estimate of drug-likeness (QED) is 0.864. The molecule has 132 valence electrons. The molecule has 0 radical (unpaired) electrons. The molecule has 1 aromatic heterocycles. The van der Waals surface area contributed by atoms with Crippen LogP contribution in [0.2, 0.25) is 5.02 Å². The maximum atomic E-state index is 12.6. The Labute approximate surface area is 156 Å². The van der Waals surface area contributed by atoms with Crippen molar-refractivity contribution in [1.29, 1.82) is 0 Å². The van der Waals surface area contributed by atoms with Crippen LogP contribution in [0.4, 0.5) is 0 Å². The molecule has 4 nitrogen and oxygen atoms in total. The summed E-state index contributed by atoms with van der Waals surface area (Å²) in [6.07, 6.45) is 3.90. The number of fused-ring (bicyclic) bond motifs is 3. The van der Waals surface area contributed by atoms with Crippen molar-refractivity contribution in [3.8, 4) is 0 Å². The summed E-state index contributed by atoms with van der Waals surface area (Å²) in [6.45, 7) is 4.56. The largest absolute Gasteiger partial charge is 0.456 e. The zero-order valence-electron chi connectivity index (χ0n) is 14.1. The minimum absolute atomic E-state index is 0.0168. The highest BCUT2D eigenvalue weighted by Gasteiger charge is 2.40. The van der Waals surface area contributed by atoms with Crippen LogP contribution in [-0.2, 0) is 0 Å². The third-order valence-electron chi connectivity index (χ3n) is 5.35. The summed E-state index contributed by atoms with van der Waals surface area (Å²) in [7, 11) is 0. The standard InChI is InChI=1S/C19H21ClN2O2S/c1-12-18(13-6-8-22(12)9-7-13)21-19(23)14-2-4-16(5-3-14)25-17-10-15(20)11-24-17/h2-5,10-13,18H,6-9H2,1H3,(H,21,23)/t12-,18-/m0/s1. The van der Waals surface area contributed by atoms with E-state index in [0.717, 1.165) is 9.99 Å². The van der Waals surface area contributed by atoms with Crippen LogP contribution in [-0.4, -0.2) is 36.0 Å². The molecule has 1 N–H and O–H groups in total. The van der Waals surface area contributed by atoms with E-state index in [0.29, 0.717) is 22.5 Å². The SMILES string of the molecule is C[C@H]1[C@H](NC(=O)c2ccc(Sc3cc(Cl)co3)cc2)C2CCN1CC2. The van der Waals surface area contributed by atoms with Gasteiger partial charge in [-0.2, -0.15) is 0 Å². The molecule has 0 unspecified atom stereocenters. The predicted molar refractivity (Wildman–Crippen MR) is 99.3 cm³/mol. The fraction of sp³-hybridized carbons (Fsp3) is 0.421. The summed E-state index contributed by atoms with van der Waals surface area (Å²) in [5.74, 6) is 0.630. The fourth-order valence-electron chi connectivity index (χ4n) is 3.92. The summed E-state index contributed by atoms with van der Waals surface area (Å²) in [5, 5.41) is 4.59. The van der Waals surface area contributed by atoms with E-state index < -0.39 is 0 Å². The van der Waals surface area contributed by atoms with Gasteiger partial charge in [-0.3, -0.25) is 9.69 Å². The van der Waals surface area contributed by atoms with Gasteiger partial charge in [-0.25, -0.2) is 0 Å². The highest BCUT2D eigenvalue weighted by Crippen LogP contribution is 2.33. The van der Waals surface area contributed by atoms with Crippen molar-refractivity contribution in [3.05, 3.63) is 47.2 Å². The van der Waals surface area contributed by atoms with Crippen LogP contribution in [0, 0.1) is 5.92 Å². The Morgan fingerprint density at radius 2 is 2.00 bits per heavy atom. The molecule has 0 aliphatic carbocycles. The van der Waals surface area contributed by atoms with Gasteiger partial charge in [-0.15, -0.1) is 0 Å². The molecular weight excluding hydrogens is 356 g/mol. The van der Waals surface area contributed by atoms with E-state index in [2.05, 4.69) is 17.1 Å². The molecule has 3 aliphatic rings. The smallest absolute Gasteiger partial charge is 0.251 e. The van der Waals surface area contributed by atoms with Crippen molar-refractivity contribution in [3.63, 3.8) is 0 Å². The van der Waals surface area contributed by atoms with Crippen LogP contribution in [0.5, 0.6) is 0 Å². The number of hydrogen-bond donors (Lipinski definition) is 1. The third kappa shape index (κ3) is 3.59. The van der Waals surface area contributed by atoms with Crippen molar-refractivity contribution in [2.24, 2.45) is 5.92 Å². The topological polar surface area (TPSA) is 45.5 Å². The predicted octanol–water partition coefficient (Wildman–Crippen LogP) is 4.30. The Bertz CT molecular complexity index is 751. The lowest BCUT2D eigenvalue weighted by atomic mass is 9.79. The van der Waals surface area contributed by atoms with E-state index in [9.17, 15) is 4.79 Å². The molecule has 0 spiro atoms. The van der Waals surface area contributed by atoms with E-state index in [1.54, 1.807) is 6.07 Å². The molecule has 0 saturated carbocycles. The average molecular weight is 377 g/mol. The van der Waals surface area contributed by atoms with Crippen LogP contribution < -0.4 is 5.32 Å². The second-order valence-corrected chi connectivity index (χ2v) is 8.34. The highest BCUT2D eigenvalue weighted by molar-refractivity contribution is 7.99. The van der Waals surface area contributed by atoms with Gasteiger partial charge in [0, 0.05) is 28.6 Å². The first-order chi connectivity index (χ1) is 12.1. The molecule has 1 amide bonds. The number of rotatable bonds is 4. The van der Waals surface area contributed by atoms with Gasteiger partial charge in [0.05, 0.1) is 5.02 Å². The maximum absolute atomic E-state index is 12.6. The molecule has 3 aliphatic heterocycles. The summed E-state index contributed by atoms with van der Waals surface area (Å²) in [6, 6.07) is 10.1. The molecule has 2 aromatic rings. The molecule has 2 atom stereocenters. The molecule has 4 heterocycles. The zero-order valence-corrected chi connectivity index (χ0v) is 15.6. The van der Waals surface area contributed by atoms with Gasteiger partial charge in [0.25, 0.3) is 5.91 Å². The average Bonchev–Trinajstić information content (AvgIpc) is 3.04. The zero-order chi connectivity index (χ0) is 17.4. The number of nitrogens with one attached hydrogen (secondary N) is 1. The fourth-order valence-corrected chi connectivity index (χ4v) is 4.91. The van der Waals surface area contributed by atoms with Crippen molar-refractivity contribution < 1.29 is 9.21 Å². The van der Waals surface area contributed by atoms with Gasteiger partial charge >= 0.3 is 0 Å². The summed E-state index contributed by atoms with van der Waals surface area (Å²) in [5.41, 5.74) is 0.700. The van der Waals surface area contributed by atoms with Crippen LogP contribution in [0.15, 0.2) is 51.0 Å². The second-order valence-electron chi connectivity index (χ2n) is 6.82. The number of hydrogen-bond acceptors (Lipinski definition) is 4. The molecule has 3 saturated heterocycles. The first kappa shape index (κ1) is 17.0. The third-order valence-corrected chi connectivity index (χ3v) is 6.48. The Balaban J connectivity index is 1.40. The monoisotopic (exact) mass is 376 g/mol. The molecule has 6 heteroatoms. The van der Waals surface area contributed by atoms with E-state index in [1.165, 1.54) is 44.0 Å². The van der Waals surface area contributed by atoms with Gasteiger partial charge in [0.2, 0.25) is 0 Å². The van der Waals surface area contributed by atoms with Crippen molar-refractivity contribution in [2.75, 3.05) is 13.1 Å². The molecular formula is C19H21ClN2O2S. The van der Waals surface area contributed by atoms with E-state index in [-0.39, 0.29) is 11.9 Å². The summed E-state index contributed by atoms with van der Waals surface area (Å²) in [4.78, 5) is 16.1. The number of nitrogens with zero attached hydrogens (tertiary/aromatic N) is 1. The Hall–Kier alpha value is -1.43. The molecule has 5 rings (SSSR count). The van der Waals surface area contributed by atoms with Crippen molar-refractivity contribution >= 4 is 29.3 Å². The molecule has 2 bridgehead atoms. The molecule has 1 aromatic carbocycles. The van der Waals surface area contributed by atoms with Crippen LogP contribution in [0.1, 0.15) is 30.1 Å². The Kier molecular flexibility index (Phi) is 4.80. The number of amides is 1. The van der Waals surface area contributed by atoms with Gasteiger partial charge in [0.1, 0.15) is 6.26 Å². The van der Waals surface area contributed by atoms with Crippen LogP contribution in [0.3, 0.4) is 0 Å². The minimum atomic E-state index is 0.0168. The van der Waals surface area contributed by atoms with Crippen LogP contribution in [0.25, 0.3) is 0 Å². The second kappa shape index (κ2) is 7.06. The Morgan fingerprint density at radius 3 is 2.60 bits per heavy atom. The van der Waals surface area contributed by atoms with Gasteiger partial charge in [-0.05, 0) is 63.0 Å². The summed E-state index contributed by atoms with van der Waals surface area (Å²) >= 11 is 7.35. The maximum Gasteiger partial charge on any atom is 0.251 e. The number of carbonyl (C=O) groups excluding carboxylic acids is 1. The number of halogens is 1. The van der Waals surface area contributed by atoms with E-state index in [4.69, 9.17) is 16.0 Å². The normalized spacial score (nSPS) is 28.1. The number of piperidine rings is 3.